The topological polar surface area (TPSA) is 111 Å². The number of aromatic nitrogens is 2. The van der Waals surface area contributed by atoms with Crippen molar-refractivity contribution in [3.8, 4) is 11.6 Å². The zero-order valence-corrected chi connectivity index (χ0v) is 19.4. The van der Waals surface area contributed by atoms with Crippen LogP contribution < -0.4 is 15.0 Å². The number of hydrogen-bond donors (Lipinski definition) is 1. The first-order valence-electron chi connectivity index (χ1n) is 10.3. The summed E-state index contributed by atoms with van der Waals surface area (Å²) in [5.41, 5.74) is -0.111. The summed E-state index contributed by atoms with van der Waals surface area (Å²) in [5, 5.41) is 2.37. The lowest BCUT2D eigenvalue weighted by Crippen LogP contribution is -2.33. The van der Waals surface area contributed by atoms with Crippen LogP contribution in [0.1, 0.15) is 16.8 Å². The van der Waals surface area contributed by atoms with Crippen molar-refractivity contribution in [3.63, 3.8) is 0 Å². The lowest BCUT2D eigenvalue weighted by Gasteiger charge is -2.19. The molecule has 0 saturated heterocycles. The molecule has 190 valence electrons. The minimum Gasteiger partial charge on any atom is -0.439 e. The zero-order chi connectivity index (χ0) is 26.1. The van der Waals surface area contributed by atoms with Gasteiger partial charge < -0.3 is 10.1 Å². The molecule has 4 rings (SSSR count). The van der Waals surface area contributed by atoms with Crippen molar-refractivity contribution < 1.29 is 39.7 Å². The fourth-order valence-electron chi connectivity index (χ4n) is 3.46. The molecule has 9 nitrogen and oxygen atoms in total. The van der Waals surface area contributed by atoms with Gasteiger partial charge in [-0.05, 0) is 48.4 Å². The van der Waals surface area contributed by atoms with Crippen molar-refractivity contribution in [2.45, 2.75) is 19.2 Å². The third-order valence-corrected chi connectivity index (χ3v) is 5.60. The molecule has 1 aliphatic heterocycles. The third-order valence-electron chi connectivity index (χ3n) is 5.06. The van der Waals surface area contributed by atoms with Gasteiger partial charge in [-0.3, -0.25) is 9.08 Å². The number of carbonyl (C=O) groups excluding carboxylic acids is 1. The summed E-state index contributed by atoms with van der Waals surface area (Å²) < 4.78 is 85.1. The van der Waals surface area contributed by atoms with E-state index in [0.29, 0.717) is 30.0 Å². The number of urea groups is 1. The molecule has 0 spiro atoms. The van der Waals surface area contributed by atoms with Crippen LogP contribution in [0, 0.1) is 5.82 Å². The van der Waals surface area contributed by atoms with Gasteiger partial charge in [-0.15, -0.1) is 0 Å². The minimum atomic E-state index is -4.90. The molecule has 0 atom stereocenters. The molecule has 0 aliphatic carbocycles. The number of fused-ring (bicyclic) bond motifs is 1. The fourth-order valence-corrected chi connectivity index (χ4v) is 3.80. The standard InChI is InChI=1S/C22H18F4N4O5S/c1-36(32,33)34-11-15-10-20(28-12-27-15)35-16-3-5-19-13(8-16)6-7-30(19)21(31)29-14-2-4-18(23)17(9-14)22(24,25)26/h2-5,8-10,12H,6-7,11H2,1H3,(H,29,31). The first kappa shape index (κ1) is 25.3. The molecular formula is C22H18F4N4O5S. The number of amides is 2. The SMILES string of the molecule is CS(=O)(=O)OCc1cc(Oc2ccc3c(c2)CCN3C(=O)Nc2ccc(F)c(C(F)(F)F)c2)ncn1. The van der Waals surface area contributed by atoms with E-state index in [0.717, 1.165) is 17.9 Å². The van der Waals surface area contributed by atoms with Crippen LogP contribution in [0.15, 0.2) is 48.8 Å². The van der Waals surface area contributed by atoms with E-state index in [1.165, 1.54) is 17.3 Å². The molecule has 1 aromatic heterocycles. The van der Waals surface area contributed by atoms with Crippen molar-refractivity contribution in [1.82, 2.24) is 9.97 Å². The molecule has 2 heterocycles. The zero-order valence-electron chi connectivity index (χ0n) is 18.5. The Balaban J connectivity index is 1.45. The summed E-state index contributed by atoms with van der Waals surface area (Å²) in [6.45, 7) is -0.0249. The number of rotatable bonds is 6. The minimum absolute atomic E-state index is 0.140. The van der Waals surface area contributed by atoms with Crippen molar-refractivity contribution in [2.75, 3.05) is 23.0 Å². The quantitative estimate of drug-likeness (QED) is 0.372. The maximum absolute atomic E-state index is 13.5. The molecule has 1 aliphatic rings. The molecule has 0 radical (unpaired) electrons. The van der Waals surface area contributed by atoms with Crippen LogP contribution in [0.3, 0.4) is 0 Å². The predicted molar refractivity (Wildman–Crippen MR) is 120 cm³/mol. The molecule has 3 aromatic rings. The Bertz CT molecular complexity index is 1420. The molecular weight excluding hydrogens is 508 g/mol. The molecule has 2 amide bonds. The highest BCUT2D eigenvalue weighted by molar-refractivity contribution is 7.85. The Morgan fingerprint density at radius 1 is 1.14 bits per heavy atom. The molecule has 0 unspecified atom stereocenters. The van der Waals surface area contributed by atoms with E-state index in [1.807, 2.05) is 0 Å². The fraction of sp³-hybridized carbons (Fsp3) is 0.227. The van der Waals surface area contributed by atoms with Gasteiger partial charge >= 0.3 is 12.2 Å². The van der Waals surface area contributed by atoms with E-state index in [9.17, 15) is 30.8 Å². The molecule has 0 bridgehead atoms. The maximum atomic E-state index is 13.5. The molecule has 14 heteroatoms. The average molecular weight is 526 g/mol. The number of anilines is 2. The van der Waals surface area contributed by atoms with Gasteiger partial charge in [-0.2, -0.15) is 21.6 Å². The highest BCUT2D eigenvalue weighted by Gasteiger charge is 2.34. The second-order valence-corrected chi connectivity index (χ2v) is 9.37. The third kappa shape index (κ3) is 6.07. The van der Waals surface area contributed by atoms with E-state index >= 15 is 0 Å². The smallest absolute Gasteiger partial charge is 0.419 e. The van der Waals surface area contributed by atoms with E-state index in [2.05, 4.69) is 15.3 Å². The number of nitrogens with zero attached hydrogens (tertiary/aromatic N) is 3. The van der Waals surface area contributed by atoms with Gasteiger partial charge in [0.25, 0.3) is 10.1 Å². The van der Waals surface area contributed by atoms with Crippen molar-refractivity contribution >= 4 is 27.5 Å². The van der Waals surface area contributed by atoms with Gasteiger partial charge in [0, 0.05) is 24.0 Å². The summed E-state index contributed by atoms with van der Waals surface area (Å²) >= 11 is 0. The van der Waals surface area contributed by atoms with E-state index in [-0.39, 0.29) is 30.4 Å². The average Bonchev–Trinajstić information content (AvgIpc) is 3.21. The van der Waals surface area contributed by atoms with E-state index in [4.69, 9.17) is 8.92 Å². The largest absolute Gasteiger partial charge is 0.439 e. The van der Waals surface area contributed by atoms with Crippen LogP contribution in [-0.4, -0.2) is 37.2 Å². The second kappa shape index (κ2) is 9.70. The van der Waals surface area contributed by atoms with Gasteiger partial charge in [0.15, 0.2) is 0 Å². The Kier molecular flexibility index (Phi) is 6.82. The summed E-state index contributed by atoms with van der Waals surface area (Å²) in [7, 11) is -3.65. The van der Waals surface area contributed by atoms with Gasteiger partial charge in [-0.25, -0.2) is 19.2 Å². The van der Waals surface area contributed by atoms with Gasteiger partial charge in [0.05, 0.1) is 17.5 Å². The number of nitrogens with one attached hydrogen (secondary N) is 1. The normalized spacial score (nSPS) is 13.4. The number of carbonyl (C=O) groups is 1. The lowest BCUT2D eigenvalue weighted by atomic mass is 10.1. The number of halogens is 4. The van der Waals surface area contributed by atoms with Crippen LogP contribution in [0.4, 0.5) is 33.7 Å². The first-order chi connectivity index (χ1) is 16.9. The van der Waals surface area contributed by atoms with Crippen LogP contribution in [0.5, 0.6) is 11.6 Å². The molecule has 2 aromatic carbocycles. The highest BCUT2D eigenvalue weighted by Crippen LogP contribution is 2.35. The van der Waals surface area contributed by atoms with Crippen LogP contribution in [-0.2, 0) is 33.5 Å². The van der Waals surface area contributed by atoms with E-state index in [1.54, 1.807) is 18.2 Å². The van der Waals surface area contributed by atoms with E-state index < -0.39 is 33.7 Å². The predicted octanol–water partition coefficient (Wildman–Crippen LogP) is 4.50. The van der Waals surface area contributed by atoms with Gasteiger partial charge in [-0.1, -0.05) is 0 Å². The van der Waals surface area contributed by atoms with Crippen molar-refractivity contribution in [2.24, 2.45) is 0 Å². The van der Waals surface area contributed by atoms with Crippen molar-refractivity contribution in [3.05, 3.63) is 71.4 Å². The number of alkyl halides is 3. The summed E-state index contributed by atoms with van der Waals surface area (Å²) in [6.07, 6.45) is -2.34. The molecule has 0 saturated carbocycles. The number of hydrogen-bond acceptors (Lipinski definition) is 7. The second-order valence-electron chi connectivity index (χ2n) is 7.73. The molecule has 0 fully saturated rings. The van der Waals surface area contributed by atoms with Crippen LogP contribution in [0.25, 0.3) is 0 Å². The van der Waals surface area contributed by atoms with Crippen molar-refractivity contribution in [1.29, 1.82) is 0 Å². The summed E-state index contributed by atoms with van der Waals surface area (Å²) in [5.74, 6) is -0.905. The Morgan fingerprint density at radius 3 is 2.64 bits per heavy atom. The molecule has 1 N–H and O–H groups in total. The highest BCUT2D eigenvalue weighted by atomic mass is 32.2. The Labute approximate surface area is 202 Å². The Morgan fingerprint density at radius 2 is 1.92 bits per heavy atom. The van der Waals surface area contributed by atoms with Crippen LogP contribution in [0.2, 0.25) is 0 Å². The Hall–Kier alpha value is -3.78. The van der Waals surface area contributed by atoms with Gasteiger partial charge in [0.1, 0.15) is 24.5 Å². The number of ether oxygens (including phenoxy) is 1. The van der Waals surface area contributed by atoms with Gasteiger partial charge in [0.2, 0.25) is 5.88 Å². The molecule has 36 heavy (non-hydrogen) atoms. The summed E-state index contributed by atoms with van der Waals surface area (Å²) in [4.78, 5) is 21.9. The first-order valence-corrected chi connectivity index (χ1v) is 12.1. The maximum Gasteiger partial charge on any atom is 0.419 e. The van der Waals surface area contributed by atoms with Crippen LogP contribution >= 0.6 is 0 Å². The monoisotopic (exact) mass is 526 g/mol. The summed E-state index contributed by atoms with van der Waals surface area (Å²) in [6, 6.07) is 7.83. The number of benzene rings is 2. The lowest BCUT2D eigenvalue weighted by molar-refractivity contribution is -0.139.